The lowest BCUT2D eigenvalue weighted by molar-refractivity contribution is 0.411. The van der Waals surface area contributed by atoms with E-state index < -0.39 is 0 Å². The average Bonchev–Trinajstić information content (AvgIpc) is 3.02. The first-order valence-corrected chi connectivity index (χ1v) is 7.81. The maximum Gasteiger partial charge on any atom is 0.326 e. The number of hydrogen-bond acceptors (Lipinski definition) is 6. The summed E-state index contributed by atoms with van der Waals surface area (Å²) >= 11 is 5.99. The molecule has 0 saturated heterocycles. The first kappa shape index (κ1) is 15.3. The van der Waals surface area contributed by atoms with Crippen molar-refractivity contribution >= 4 is 22.5 Å². The van der Waals surface area contributed by atoms with E-state index in [2.05, 4.69) is 20.1 Å². The topological polar surface area (TPSA) is 86.0 Å². The Bertz CT molecular complexity index is 1050. The monoisotopic (exact) mass is 353 g/mol. The summed E-state index contributed by atoms with van der Waals surface area (Å²) in [5, 5.41) is 15.4. The van der Waals surface area contributed by atoms with Crippen LogP contribution in [0.5, 0.6) is 17.6 Å². The number of aromatic hydroxyl groups is 1. The molecule has 0 saturated carbocycles. The van der Waals surface area contributed by atoms with Gasteiger partial charge in [0.15, 0.2) is 5.75 Å². The van der Waals surface area contributed by atoms with Gasteiger partial charge < -0.3 is 9.84 Å². The summed E-state index contributed by atoms with van der Waals surface area (Å²) in [4.78, 5) is 12.1. The van der Waals surface area contributed by atoms with Crippen molar-refractivity contribution in [2.24, 2.45) is 0 Å². The van der Waals surface area contributed by atoms with Gasteiger partial charge in [-0.2, -0.15) is 15.1 Å². The van der Waals surface area contributed by atoms with Crippen LogP contribution in [0, 0.1) is 0 Å². The predicted octanol–water partition coefficient (Wildman–Crippen LogP) is 3.42. The van der Waals surface area contributed by atoms with Gasteiger partial charge in [0.2, 0.25) is 5.88 Å². The quantitative estimate of drug-likeness (QED) is 0.605. The van der Waals surface area contributed by atoms with E-state index in [1.807, 2.05) is 24.3 Å². The van der Waals surface area contributed by atoms with Crippen molar-refractivity contribution in [2.75, 3.05) is 0 Å². The van der Waals surface area contributed by atoms with Crippen molar-refractivity contribution in [3.63, 3.8) is 0 Å². The number of rotatable bonds is 4. The molecule has 0 spiro atoms. The number of aromatic nitrogens is 5. The van der Waals surface area contributed by atoms with Gasteiger partial charge in [-0.1, -0.05) is 23.7 Å². The number of fused-ring (bicyclic) bond motifs is 1. The highest BCUT2D eigenvalue weighted by molar-refractivity contribution is 6.30. The van der Waals surface area contributed by atoms with Gasteiger partial charge in [0.05, 0.1) is 36.0 Å². The third-order valence-corrected chi connectivity index (χ3v) is 3.75. The van der Waals surface area contributed by atoms with E-state index in [-0.39, 0.29) is 11.9 Å². The molecule has 124 valence electrons. The van der Waals surface area contributed by atoms with E-state index in [0.717, 1.165) is 5.56 Å². The molecule has 0 bridgehead atoms. The summed E-state index contributed by atoms with van der Waals surface area (Å²) in [6.45, 7) is 0.553. The second-order valence-corrected chi connectivity index (χ2v) is 5.76. The van der Waals surface area contributed by atoms with Crippen LogP contribution in [0.3, 0.4) is 0 Å². The zero-order valence-corrected chi connectivity index (χ0v) is 13.6. The van der Waals surface area contributed by atoms with E-state index in [0.29, 0.717) is 28.2 Å². The van der Waals surface area contributed by atoms with E-state index in [1.54, 1.807) is 29.3 Å². The Kier molecular flexibility index (Phi) is 3.91. The van der Waals surface area contributed by atoms with Crippen molar-refractivity contribution in [1.29, 1.82) is 0 Å². The van der Waals surface area contributed by atoms with Gasteiger partial charge in [-0.3, -0.25) is 9.67 Å². The lowest BCUT2D eigenvalue weighted by atomic mass is 10.2. The maximum absolute atomic E-state index is 9.96. The summed E-state index contributed by atoms with van der Waals surface area (Å²) < 4.78 is 7.30. The molecule has 1 aromatic carbocycles. The van der Waals surface area contributed by atoms with Crippen LogP contribution < -0.4 is 4.74 Å². The molecule has 25 heavy (non-hydrogen) atoms. The molecule has 0 unspecified atom stereocenters. The maximum atomic E-state index is 9.96. The Hall–Kier alpha value is -3.19. The Morgan fingerprint density at radius 3 is 2.96 bits per heavy atom. The normalized spacial score (nSPS) is 10.9. The first-order valence-electron chi connectivity index (χ1n) is 7.43. The van der Waals surface area contributed by atoms with Gasteiger partial charge in [0.1, 0.15) is 0 Å². The molecule has 3 heterocycles. The number of ether oxygens (including phenoxy) is 1. The van der Waals surface area contributed by atoms with Crippen LogP contribution in [-0.4, -0.2) is 29.8 Å². The van der Waals surface area contributed by atoms with Crippen LogP contribution in [-0.2, 0) is 6.54 Å². The molecule has 1 N–H and O–H groups in total. The predicted molar refractivity (Wildman–Crippen MR) is 91.9 cm³/mol. The average molecular weight is 354 g/mol. The van der Waals surface area contributed by atoms with Crippen molar-refractivity contribution in [3.8, 4) is 17.6 Å². The second-order valence-electron chi connectivity index (χ2n) is 5.33. The number of halogens is 1. The Balaban J connectivity index is 1.55. The zero-order valence-electron chi connectivity index (χ0n) is 12.9. The van der Waals surface area contributed by atoms with E-state index in [1.165, 1.54) is 6.20 Å². The number of hydrogen-bond donors (Lipinski definition) is 1. The largest absolute Gasteiger partial charge is 0.493 e. The molecular weight excluding hydrogens is 342 g/mol. The lowest BCUT2D eigenvalue weighted by Gasteiger charge is -2.04. The van der Waals surface area contributed by atoms with Crippen LogP contribution in [0.4, 0.5) is 0 Å². The lowest BCUT2D eigenvalue weighted by Crippen LogP contribution is -1.99. The second kappa shape index (κ2) is 6.37. The molecule has 3 aromatic heterocycles. The third kappa shape index (κ3) is 3.36. The SMILES string of the molecule is Oc1nc(Oc2cnn(Cc3cccc(Cl)c3)c2)nc2cnccc12. The smallest absolute Gasteiger partial charge is 0.326 e. The summed E-state index contributed by atoms with van der Waals surface area (Å²) in [6.07, 6.45) is 6.37. The molecule has 0 fully saturated rings. The summed E-state index contributed by atoms with van der Waals surface area (Å²) in [7, 11) is 0. The molecule has 4 aromatic rings. The molecule has 7 nitrogen and oxygen atoms in total. The van der Waals surface area contributed by atoms with Gasteiger partial charge in [-0.25, -0.2) is 0 Å². The fourth-order valence-corrected chi connectivity index (χ4v) is 2.61. The molecule has 4 rings (SSSR count). The minimum atomic E-state index is -0.159. The standard InChI is InChI=1S/C17H12ClN5O2/c18-12-3-1-2-11(6-12)9-23-10-13(7-20-23)25-17-21-15-8-19-5-4-14(15)16(24)22-17/h1-8,10H,9H2,(H,21,22,24). The van der Waals surface area contributed by atoms with Crippen LogP contribution in [0.15, 0.2) is 55.1 Å². The first-order chi connectivity index (χ1) is 12.2. The summed E-state index contributed by atoms with van der Waals surface area (Å²) in [6, 6.07) is 9.21. The molecule has 8 heteroatoms. The third-order valence-electron chi connectivity index (χ3n) is 3.51. The van der Waals surface area contributed by atoms with Gasteiger partial charge >= 0.3 is 6.01 Å². The van der Waals surface area contributed by atoms with Crippen molar-refractivity contribution in [3.05, 3.63) is 65.7 Å². The molecule has 0 aliphatic carbocycles. The van der Waals surface area contributed by atoms with Crippen molar-refractivity contribution < 1.29 is 9.84 Å². The van der Waals surface area contributed by atoms with Crippen molar-refractivity contribution in [1.82, 2.24) is 24.7 Å². The minimum Gasteiger partial charge on any atom is -0.493 e. The molecule has 0 aliphatic heterocycles. The van der Waals surface area contributed by atoms with E-state index in [4.69, 9.17) is 16.3 Å². The fourth-order valence-electron chi connectivity index (χ4n) is 2.40. The Morgan fingerprint density at radius 2 is 2.08 bits per heavy atom. The highest BCUT2D eigenvalue weighted by Gasteiger charge is 2.10. The minimum absolute atomic E-state index is 0.0281. The number of pyridine rings is 1. The summed E-state index contributed by atoms with van der Waals surface area (Å²) in [5.41, 5.74) is 1.52. The van der Waals surface area contributed by atoms with Gasteiger partial charge in [-0.15, -0.1) is 0 Å². The van der Waals surface area contributed by atoms with Gasteiger partial charge in [0, 0.05) is 11.2 Å². The Morgan fingerprint density at radius 1 is 1.16 bits per heavy atom. The van der Waals surface area contributed by atoms with E-state index >= 15 is 0 Å². The Labute approximate surface area is 147 Å². The zero-order chi connectivity index (χ0) is 17.2. The highest BCUT2D eigenvalue weighted by Crippen LogP contribution is 2.25. The molecule has 0 radical (unpaired) electrons. The van der Waals surface area contributed by atoms with Crippen LogP contribution in [0.25, 0.3) is 10.9 Å². The molecule has 0 aliphatic rings. The van der Waals surface area contributed by atoms with Gasteiger partial charge in [0.25, 0.3) is 0 Å². The van der Waals surface area contributed by atoms with Crippen LogP contribution >= 0.6 is 11.6 Å². The van der Waals surface area contributed by atoms with Crippen molar-refractivity contribution in [2.45, 2.75) is 6.54 Å². The van der Waals surface area contributed by atoms with E-state index in [9.17, 15) is 5.11 Å². The molecular formula is C17H12ClN5O2. The number of benzene rings is 1. The number of nitrogens with zero attached hydrogens (tertiary/aromatic N) is 5. The molecule has 0 atom stereocenters. The molecule has 0 amide bonds. The fraction of sp³-hybridized carbons (Fsp3) is 0.0588. The van der Waals surface area contributed by atoms with Gasteiger partial charge in [-0.05, 0) is 23.8 Å². The highest BCUT2D eigenvalue weighted by atomic mass is 35.5. The van der Waals surface area contributed by atoms with Crippen LogP contribution in [0.1, 0.15) is 5.56 Å². The van der Waals surface area contributed by atoms with Crippen LogP contribution in [0.2, 0.25) is 5.02 Å². The summed E-state index contributed by atoms with van der Waals surface area (Å²) in [5.74, 6) is 0.304.